The Morgan fingerprint density at radius 2 is 1.88 bits per heavy atom. The van der Waals surface area contributed by atoms with Crippen LogP contribution < -0.4 is 0 Å². The quantitative estimate of drug-likeness (QED) is 0.542. The number of aromatic nitrogens is 2. The summed E-state index contributed by atoms with van der Waals surface area (Å²) in [7, 11) is -1.68. The van der Waals surface area contributed by atoms with Gasteiger partial charge >= 0.3 is 0 Å². The summed E-state index contributed by atoms with van der Waals surface area (Å²) in [4.78, 5) is 9.34. The van der Waals surface area contributed by atoms with Gasteiger partial charge in [-0.2, -0.15) is 0 Å². The van der Waals surface area contributed by atoms with E-state index in [-0.39, 0.29) is 5.04 Å². The van der Waals surface area contributed by atoms with Crippen molar-refractivity contribution in [1.82, 2.24) is 9.97 Å². The molecule has 2 rings (SSSR count). The first-order chi connectivity index (χ1) is 11.1. The monoisotopic (exact) mass is 380 g/mol. The van der Waals surface area contributed by atoms with Crippen molar-refractivity contribution in [2.75, 3.05) is 6.61 Å². The first-order valence-electron chi connectivity index (χ1n) is 8.32. The second-order valence-corrected chi connectivity index (χ2v) is 14.3. The van der Waals surface area contributed by atoms with E-state index in [1.807, 2.05) is 6.08 Å². The molecule has 0 fully saturated rings. The van der Waals surface area contributed by atoms with Crippen LogP contribution in [0.25, 0.3) is 16.8 Å². The lowest BCUT2D eigenvalue weighted by atomic mass is 10.2. The molecule has 0 saturated heterocycles. The largest absolute Gasteiger partial charge is 0.413 e. The topological polar surface area (TPSA) is 35.0 Å². The third kappa shape index (κ3) is 4.85. The summed E-state index contributed by atoms with van der Waals surface area (Å²) < 4.78 is 6.15. The molecule has 2 heterocycles. The molecular formula is C18H28N2OS2Si. The van der Waals surface area contributed by atoms with Crippen LogP contribution in [0.5, 0.6) is 0 Å². The lowest BCUT2D eigenvalue weighted by Crippen LogP contribution is -2.40. The number of hydrogen-bond donors (Lipinski definition) is 0. The average molecular weight is 381 g/mol. The van der Waals surface area contributed by atoms with Gasteiger partial charge in [0.15, 0.2) is 8.32 Å². The van der Waals surface area contributed by atoms with Crippen molar-refractivity contribution in [2.45, 2.75) is 58.7 Å². The number of nitrogens with zero attached hydrogens (tertiary/aromatic N) is 2. The predicted octanol–water partition coefficient (Wildman–Crippen LogP) is 6.43. The second kappa shape index (κ2) is 7.60. The Bertz CT molecular complexity index is 696. The van der Waals surface area contributed by atoms with E-state index in [9.17, 15) is 0 Å². The van der Waals surface area contributed by atoms with Crippen LogP contribution in [0, 0.1) is 0 Å². The van der Waals surface area contributed by atoms with Crippen molar-refractivity contribution in [3.05, 3.63) is 27.5 Å². The van der Waals surface area contributed by atoms with Gasteiger partial charge in [-0.1, -0.05) is 40.7 Å². The fourth-order valence-corrected chi connectivity index (χ4v) is 4.36. The lowest BCUT2D eigenvalue weighted by molar-refractivity contribution is 0.328. The molecule has 132 valence electrons. The molecule has 0 N–H and O–H groups in total. The zero-order chi connectivity index (χ0) is 18.0. The van der Waals surface area contributed by atoms with Gasteiger partial charge in [-0.05, 0) is 24.2 Å². The Hall–Kier alpha value is -0.823. The smallest absolute Gasteiger partial charge is 0.192 e. The molecule has 0 aliphatic heterocycles. The first kappa shape index (κ1) is 19.5. The van der Waals surface area contributed by atoms with Gasteiger partial charge in [-0.3, -0.25) is 0 Å². The number of hydrogen-bond acceptors (Lipinski definition) is 5. The highest BCUT2D eigenvalue weighted by molar-refractivity contribution is 7.14. The van der Waals surface area contributed by atoms with Crippen LogP contribution in [0.1, 0.15) is 51.2 Å². The maximum Gasteiger partial charge on any atom is 0.192 e. The fraction of sp³-hybridized carbons (Fsp3) is 0.556. The zero-order valence-corrected chi connectivity index (χ0v) is 18.3. The van der Waals surface area contributed by atoms with E-state index in [1.165, 1.54) is 5.01 Å². The highest BCUT2D eigenvalue weighted by atomic mass is 32.1. The van der Waals surface area contributed by atoms with Gasteiger partial charge in [0.2, 0.25) is 0 Å². The molecule has 0 bridgehead atoms. The molecule has 0 saturated carbocycles. The Morgan fingerprint density at radius 1 is 1.17 bits per heavy atom. The fourth-order valence-electron chi connectivity index (χ4n) is 1.77. The maximum atomic E-state index is 6.15. The minimum absolute atomic E-state index is 0.243. The molecule has 24 heavy (non-hydrogen) atoms. The summed E-state index contributed by atoms with van der Waals surface area (Å²) in [5.74, 6) is 0.468. The summed E-state index contributed by atoms with van der Waals surface area (Å²) in [6.07, 6.45) is 4.11. The summed E-state index contributed by atoms with van der Waals surface area (Å²) in [6.45, 7) is 16.3. The summed E-state index contributed by atoms with van der Waals surface area (Å²) >= 11 is 3.36. The van der Waals surface area contributed by atoms with Crippen LogP contribution in [0.2, 0.25) is 18.1 Å². The zero-order valence-electron chi connectivity index (χ0n) is 15.7. The van der Waals surface area contributed by atoms with E-state index in [1.54, 1.807) is 22.7 Å². The number of thiazole rings is 2. The van der Waals surface area contributed by atoms with Crippen LogP contribution in [0.3, 0.4) is 0 Å². The third-order valence-electron chi connectivity index (χ3n) is 4.39. The van der Waals surface area contributed by atoms with Crippen LogP contribution in [0.4, 0.5) is 0 Å². The van der Waals surface area contributed by atoms with E-state index in [0.717, 1.165) is 16.4 Å². The van der Waals surface area contributed by atoms with E-state index < -0.39 is 8.32 Å². The lowest BCUT2D eigenvalue weighted by Gasteiger charge is -2.35. The molecule has 0 spiro atoms. The third-order valence-corrected chi connectivity index (χ3v) is 10.9. The van der Waals surface area contributed by atoms with Gasteiger partial charge in [0.25, 0.3) is 0 Å². The highest BCUT2D eigenvalue weighted by Crippen LogP contribution is 2.36. The summed E-state index contributed by atoms with van der Waals surface area (Å²) in [5.41, 5.74) is 1.97. The second-order valence-electron chi connectivity index (χ2n) is 7.78. The minimum atomic E-state index is -1.68. The van der Waals surface area contributed by atoms with Crippen molar-refractivity contribution in [2.24, 2.45) is 0 Å². The minimum Gasteiger partial charge on any atom is -0.413 e. The van der Waals surface area contributed by atoms with Crippen molar-refractivity contribution in [3.63, 3.8) is 0 Å². The molecule has 3 nitrogen and oxygen atoms in total. The van der Waals surface area contributed by atoms with Gasteiger partial charge < -0.3 is 4.43 Å². The first-order valence-corrected chi connectivity index (χ1v) is 13.0. The molecule has 6 heteroatoms. The van der Waals surface area contributed by atoms with E-state index >= 15 is 0 Å². The summed E-state index contributed by atoms with van der Waals surface area (Å²) in [5, 5.41) is 6.57. The van der Waals surface area contributed by atoms with Crippen molar-refractivity contribution in [3.8, 4) is 10.7 Å². The molecule has 0 aromatic carbocycles. The van der Waals surface area contributed by atoms with Gasteiger partial charge in [-0.15, -0.1) is 22.7 Å². The Balaban J connectivity index is 1.96. The van der Waals surface area contributed by atoms with Crippen LogP contribution in [-0.2, 0) is 4.43 Å². The van der Waals surface area contributed by atoms with E-state index in [0.29, 0.717) is 12.5 Å². The Kier molecular flexibility index (Phi) is 6.17. The SMILES string of the molecule is CC(C)c1nc(-c2nc(/C=C/CO[Si](C)(C)C(C)(C)C)cs2)cs1. The van der Waals surface area contributed by atoms with Crippen LogP contribution in [-0.4, -0.2) is 24.9 Å². The van der Waals surface area contributed by atoms with Crippen LogP contribution >= 0.6 is 22.7 Å². The molecule has 0 radical (unpaired) electrons. The standard InChI is InChI=1S/C18H28N2OS2Si/c1-13(2)16-20-15(12-23-16)17-19-14(11-22-17)9-8-10-21-24(6,7)18(3,4)5/h8-9,11-13H,10H2,1-7H3/b9-8+. The van der Waals surface area contributed by atoms with Gasteiger partial charge in [0, 0.05) is 16.7 Å². The summed E-state index contributed by atoms with van der Waals surface area (Å²) in [6, 6.07) is 0. The van der Waals surface area contributed by atoms with E-state index in [2.05, 4.69) is 74.5 Å². The molecule has 0 aliphatic carbocycles. The molecule has 0 unspecified atom stereocenters. The molecule has 0 aliphatic rings. The molecule has 2 aromatic rings. The number of rotatable bonds is 6. The van der Waals surface area contributed by atoms with Gasteiger partial charge in [-0.25, -0.2) is 9.97 Å². The Labute approximate surface area is 155 Å². The average Bonchev–Trinajstić information content (AvgIpc) is 3.11. The van der Waals surface area contributed by atoms with Gasteiger partial charge in [0.05, 0.1) is 17.3 Å². The maximum absolute atomic E-state index is 6.15. The van der Waals surface area contributed by atoms with E-state index in [4.69, 9.17) is 4.43 Å². The normalized spacial score (nSPS) is 13.3. The Morgan fingerprint density at radius 3 is 2.46 bits per heavy atom. The van der Waals surface area contributed by atoms with Crippen molar-refractivity contribution in [1.29, 1.82) is 0 Å². The molecular weight excluding hydrogens is 352 g/mol. The van der Waals surface area contributed by atoms with Crippen molar-refractivity contribution >= 4 is 37.1 Å². The highest BCUT2D eigenvalue weighted by Gasteiger charge is 2.36. The van der Waals surface area contributed by atoms with Crippen molar-refractivity contribution < 1.29 is 4.43 Å². The predicted molar refractivity (Wildman–Crippen MR) is 109 cm³/mol. The molecule has 2 aromatic heterocycles. The molecule has 0 amide bonds. The van der Waals surface area contributed by atoms with Gasteiger partial charge in [0.1, 0.15) is 10.7 Å². The molecule has 0 atom stereocenters. The van der Waals surface area contributed by atoms with Crippen LogP contribution in [0.15, 0.2) is 16.8 Å².